The minimum absolute atomic E-state index is 0.757. The lowest BCUT2D eigenvalue weighted by Gasteiger charge is -2.35. The van der Waals surface area contributed by atoms with E-state index in [1.54, 1.807) is 11.1 Å². The molecule has 0 amide bonds. The van der Waals surface area contributed by atoms with Crippen molar-refractivity contribution >= 4 is 0 Å². The summed E-state index contributed by atoms with van der Waals surface area (Å²) < 4.78 is 0. The summed E-state index contributed by atoms with van der Waals surface area (Å²) >= 11 is 0. The Kier molecular flexibility index (Phi) is 2.70. The highest BCUT2D eigenvalue weighted by molar-refractivity contribution is 5.40. The zero-order valence-corrected chi connectivity index (χ0v) is 9.95. The Bertz CT molecular complexity index is 369. The van der Waals surface area contributed by atoms with Gasteiger partial charge in [0.05, 0.1) is 0 Å². The first-order chi connectivity index (χ1) is 7.84. The van der Waals surface area contributed by atoms with Gasteiger partial charge in [-0.15, -0.1) is 0 Å². The van der Waals surface area contributed by atoms with Crippen LogP contribution in [0.15, 0.2) is 24.3 Å². The van der Waals surface area contributed by atoms with Crippen LogP contribution in [-0.2, 0) is 6.42 Å². The molecule has 2 nitrogen and oxygen atoms in total. The Morgan fingerprint density at radius 2 is 2.25 bits per heavy atom. The summed E-state index contributed by atoms with van der Waals surface area (Å²) in [5.41, 5.74) is 3.14. The van der Waals surface area contributed by atoms with E-state index in [2.05, 4.69) is 41.5 Å². The van der Waals surface area contributed by atoms with Crippen molar-refractivity contribution in [2.24, 2.45) is 0 Å². The van der Waals surface area contributed by atoms with Gasteiger partial charge < -0.3 is 10.2 Å². The van der Waals surface area contributed by atoms with Gasteiger partial charge >= 0.3 is 0 Å². The molecule has 2 aliphatic rings. The van der Waals surface area contributed by atoms with Crippen LogP contribution in [0.4, 0.5) is 0 Å². The second-order valence-electron chi connectivity index (χ2n) is 5.19. The van der Waals surface area contributed by atoms with Crippen molar-refractivity contribution in [3.63, 3.8) is 0 Å². The highest BCUT2D eigenvalue weighted by atomic mass is 15.2. The first kappa shape index (κ1) is 10.3. The van der Waals surface area contributed by atoms with E-state index in [9.17, 15) is 0 Å². The molecule has 86 valence electrons. The highest BCUT2D eigenvalue weighted by Gasteiger charge is 2.29. The molecule has 1 heterocycles. The molecule has 2 atom stereocenters. The standard InChI is InChI=1S/C14H20N2/c1-16(13-6-7-15-9-13)10-12-8-11-4-2-3-5-14(11)12/h2-5,12-13,15H,6-10H2,1H3. The number of rotatable bonds is 3. The smallest absolute Gasteiger partial charge is 0.0229 e. The van der Waals surface area contributed by atoms with E-state index < -0.39 is 0 Å². The lowest BCUT2D eigenvalue weighted by Crippen LogP contribution is -2.38. The molecule has 0 saturated carbocycles. The van der Waals surface area contributed by atoms with Crippen molar-refractivity contribution in [1.29, 1.82) is 0 Å². The third-order valence-corrected chi connectivity index (χ3v) is 4.13. The average Bonchev–Trinajstić information content (AvgIpc) is 2.79. The Labute approximate surface area is 97.6 Å². The van der Waals surface area contributed by atoms with Crippen LogP contribution >= 0.6 is 0 Å². The van der Waals surface area contributed by atoms with Crippen LogP contribution < -0.4 is 5.32 Å². The molecule has 1 fully saturated rings. The van der Waals surface area contributed by atoms with Gasteiger partial charge in [-0.05, 0) is 37.6 Å². The van der Waals surface area contributed by atoms with Crippen LogP contribution in [0.3, 0.4) is 0 Å². The quantitative estimate of drug-likeness (QED) is 0.826. The monoisotopic (exact) mass is 216 g/mol. The number of nitrogens with one attached hydrogen (secondary N) is 1. The summed E-state index contributed by atoms with van der Waals surface area (Å²) in [4.78, 5) is 2.54. The molecule has 0 radical (unpaired) electrons. The van der Waals surface area contributed by atoms with E-state index in [1.807, 2.05) is 0 Å². The predicted molar refractivity (Wildman–Crippen MR) is 66.8 cm³/mol. The van der Waals surface area contributed by atoms with Gasteiger partial charge in [0.25, 0.3) is 0 Å². The first-order valence-electron chi connectivity index (χ1n) is 6.33. The van der Waals surface area contributed by atoms with E-state index in [-0.39, 0.29) is 0 Å². The van der Waals surface area contributed by atoms with Gasteiger partial charge in [0.15, 0.2) is 0 Å². The molecule has 1 saturated heterocycles. The van der Waals surface area contributed by atoms with Crippen LogP contribution in [0, 0.1) is 0 Å². The molecule has 1 aliphatic carbocycles. The summed E-state index contributed by atoms with van der Waals surface area (Å²) in [6.45, 7) is 3.59. The number of nitrogens with zero attached hydrogens (tertiary/aromatic N) is 1. The fourth-order valence-electron chi connectivity index (χ4n) is 3.04. The SMILES string of the molecule is CN(CC1Cc2ccccc21)C1CCNC1. The van der Waals surface area contributed by atoms with Gasteiger partial charge in [0.2, 0.25) is 0 Å². The molecule has 3 rings (SSSR count). The van der Waals surface area contributed by atoms with Crippen LogP contribution in [0.1, 0.15) is 23.5 Å². The van der Waals surface area contributed by atoms with E-state index in [4.69, 9.17) is 0 Å². The maximum Gasteiger partial charge on any atom is 0.0229 e. The van der Waals surface area contributed by atoms with Gasteiger partial charge in [-0.2, -0.15) is 0 Å². The maximum atomic E-state index is 3.44. The molecule has 0 aromatic heterocycles. The largest absolute Gasteiger partial charge is 0.315 e. The minimum Gasteiger partial charge on any atom is -0.315 e. The molecule has 2 unspecified atom stereocenters. The van der Waals surface area contributed by atoms with Crippen molar-refractivity contribution < 1.29 is 0 Å². The molecule has 16 heavy (non-hydrogen) atoms. The van der Waals surface area contributed by atoms with E-state index >= 15 is 0 Å². The minimum atomic E-state index is 0.757. The van der Waals surface area contributed by atoms with Gasteiger partial charge in [-0.25, -0.2) is 0 Å². The molecule has 1 aromatic carbocycles. The van der Waals surface area contributed by atoms with E-state index in [0.717, 1.165) is 12.0 Å². The predicted octanol–water partition coefficient (Wildman–Crippen LogP) is 1.62. The van der Waals surface area contributed by atoms with Gasteiger partial charge in [0, 0.05) is 25.0 Å². The van der Waals surface area contributed by atoms with Gasteiger partial charge in [0.1, 0.15) is 0 Å². The Morgan fingerprint density at radius 1 is 1.38 bits per heavy atom. The summed E-state index contributed by atoms with van der Waals surface area (Å²) in [5.74, 6) is 0.779. The lowest BCUT2D eigenvalue weighted by molar-refractivity contribution is 0.233. The summed E-state index contributed by atoms with van der Waals surface area (Å²) in [6.07, 6.45) is 2.59. The highest BCUT2D eigenvalue weighted by Crippen LogP contribution is 2.35. The van der Waals surface area contributed by atoms with Gasteiger partial charge in [-0.1, -0.05) is 24.3 Å². The molecule has 1 N–H and O–H groups in total. The number of hydrogen-bond acceptors (Lipinski definition) is 2. The van der Waals surface area contributed by atoms with Crippen LogP contribution in [0.2, 0.25) is 0 Å². The molecular weight excluding hydrogens is 196 g/mol. The number of hydrogen-bond donors (Lipinski definition) is 1. The zero-order valence-electron chi connectivity index (χ0n) is 9.95. The van der Waals surface area contributed by atoms with E-state index in [0.29, 0.717) is 0 Å². The molecule has 0 bridgehead atoms. The van der Waals surface area contributed by atoms with Crippen LogP contribution in [0.5, 0.6) is 0 Å². The number of fused-ring (bicyclic) bond motifs is 1. The van der Waals surface area contributed by atoms with Crippen molar-refractivity contribution in [2.75, 3.05) is 26.7 Å². The van der Waals surface area contributed by atoms with Crippen molar-refractivity contribution in [1.82, 2.24) is 10.2 Å². The second-order valence-corrected chi connectivity index (χ2v) is 5.19. The normalized spacial score (nSPS) is 27.9. The summed E-state index contributed by atoms with van der Waals surface area (Å²) in [6, 6.07) is 9.64. The van der Waals surface area contributed by atoms with Crippen molar-refractivity contribution in [3.05, 3.63) is 35.4 Å². The van der Waals surface area contributed by atoms with Crippen molar-refractivity contribution in [2.45, 2.75) is 24.8 Å². The molecule has 0 spiro atoms. The van der Waals surface area contributed by atoms with Crippen LogP contribution in [0.25, 0.3) is 0 Å². The topological polar surface area (TPSA) is 15.3 Å². The molecule has 1 aliphatic heterocycles. The molecule has 2 heteroatoms. The van der Waals surface area contributed by atoms with Crippen molar-refractivity contribution in [3.8, 4) is 0 Å². The summed E-state index contributed by atoms with van der Waals surface area (Å²) in [7, 11) is 2.28. The second kappa shape index (κ2) is 4.19. The third kappa shape index (κ3) is 1.76. The molecule has 1 aromatic rings. The fraction of sp³-hybridized carbons (Fsp3) is 0.571. The van der Waals surface area contributed by atoms with E-state index in [1.165, 1.54) is 32.5 Å². The Hall–Kier alpha value is -0.860. The van der Waals surface area contributed by atoms with Crippen LogP contribution in [-0.4, -0.2) is 37.6 Å². The Morgan fingerprint density at radius 3 is 3.00 bits per heavy atom. The summed E-state index contributed by atoms with van der Waals surface area (Å²) in [5, 5.41) is 3.44. The Balaban J connectivity index is 1.61. The number of benzene rings is 1. The zero-order chi connectivity index (χ0) is 11.0. The molecular formula is C14H20N2. The number of likely N-dealkylation sites (N-methyl/N-ethyl adjacent to an activating group) is 1. The average molecular weight is 216 g/mol. The first-order valence-corrected chi connectivity index (χ1v) is 6.33. The third-order valence-electron chi connectivity index (χ3n) is 4.13. The lowest BCUT2D eigenvalue weighted by atomic mass is 9.77. The maximum absolute atomic E-state index is 3.44. The fourth-order valence-corrected chi connectivity index (χ4v) is 3.04. The van der Waals surface area contributed by atoms with Gasteiger partial charge in [-0.3, -0.25) is 0 Å².